The number of benzene rings is 2. The lowest BCUT2D eigenvalue weighted by Gasteiger charge is -2.18. The number of aromatic hydroxyl groups is 1. The molecule has 5 nitrogen and oxygen atoms in total. The molecular formula is C30H37NO4. The van der Waals surface area contributed by atoms with Gasteiger partial charge in [-0.05, 0) is 55.4 Å². The Morgan fingerprint density at radius 1 is 0.629 bits per heavy atom. The van der Waals surface area contributed by atoms with Crippen molar-refractivity contribution in [1.29, 1.82) is 0 Å². The summed E-state index contributed by atoms with van der Waals surface area (Å²) < 4.78 is 0. The second-order valence-electron chi connectivity index (χ2n) is 9.24. The highest BCUT2D eigenvalue weighted by Crippen LogP contribution is 2.23. The first kappa shape index (κ1) is 26.3. The Morgan fingerprint density at radius 2 is 1.20 bits per heavy atom. The van der Waals surface area contributed by atoms with Crippen LogP contribution in [0.2, 0.25) is 0 Å². The van der Waals surface area contributed by atoms with Crippen LogP contribution in [0.25, 0.3) is 0 Å². The van der Waals surface area contributed by atoms with Gasteiger partial charge in [-0.15, -0.1) is 0 Å². The predicted molar refractivity (Wildman–Crippen MR) is 139 cm³/mol. The molecule has 3 rings (SSSR count). The summed E-state index contributed by atoms with van der Waals surface area (Å²) in [6.45, 7) is 0.501. The Balaban J connectivity index is 1.31. The molecule has 0 saturated heterocycles. The van der Waals surface area contributed by atoms with E-state index < -0.39 is 11.6 Å². The second-order valence-corrected chi connectivity index (χ2v) is 9.24. The van der Waals surface area contributed by atoms with Gasteiger partial charge in [0.05, 0.1) is 5.70 Å². The fourth-order valence-electron chi connectivity index (χ4n) is 4.39. The lowest BCUT2D eigenvalue weighted by molar-refractivity contribution is -0.132. The molecule has 0 unspecified atom stereocenters. The molecule has 0 spiro atoms. The molecular weight excluding hydrogens is 438 g/mol. The Hall–Kier alpha value is -3.34. The molecule has 0 bridgehead atoms. The number of phenolic OH excluding ortho intramolecular Hbond substituents is 1. The predicted octanol–water partition coefficient (Wildman–Crippen LogP) is 6.13. The molecule has 1 aliphatic carbocycles. The van der Waals surface area contributed by atoms with Gasteiger partial charge in [-0.25, -0.2) is 0 Å². The molecule has 0 saturated carbocycles. The summed E-state index contributed by atoms with van der Waals surface area (Å²) in [6.07, 6.45) is 12.4. The average molecular weight is 476 g/mol. The van der Waals surface area contributed by atoms with E-state index >= 15 is 0 Å². The minimum atomic E-state index is -0.593. The van der Waals surface area contributed by atoms with Gasteiger partial charge in [0.15, 0.2) is 0 Å². The molecule has 0 fully saturated rings. The van der Waals surface area contributed by atoms with Gasteiger partial charge < -0.3 is 15.5 Å². The van der Waals surface area contributed by atoms with Crippen molar-refractivity contribution in [3.8, 4) is 5.75 Å². The maximum absolute atomic E-state index is 12.3. The number of aliphatic hydroxyl groups is 1. The van der Waals surface area contributed by atoms with Gasteiger partial charge in [-0.1, -0.05) is 81.0 Å². The molecule has 35 heavy (non-hydrogen) atoms. The molecule has 0 atom stereocenters. The van der Waals surface area contributed by atoms with Gasteiger partial charge in [0.2, 0.25) is 11.6 Å². The van der Waals surface area contributed by atoms with E-state index in [1.54, 1.807) is 12.1 Å². The van der Waals surface area contributed by atoms with Crippen LogP contribution in [0.4, 0.5) is 0 Å². The van der Waals surface area contributed by atoms with Gasteiger partial charge in [-0.2, -0.15) is 0 Å². The highest BCUT2D eigenvalue weighted by Gasteiger charge is 2.28. The number of phenols is 1. The summed E-state index contributed by atoms with van der Waals surface area (Å²) in [4.78, 5) is 24.5. The highest BCUT2D eigenvalue weighted by molar-refractivity contribution is 6.48. The zero-order valence-corrected chi connectivity index (χ0v) is 20.5. The number of carbonyl (C=O) groups is 2. The number of allylic oxidation sites excluding steroid dienone is 2. The highest BCUT2D eigenvalue weighted by atomic mass is 16.3. The lowest BCUT2D eigenvalue weighted by atomic mass is 9.93. The minimum Gasteiger partial charge on any atom is -0.508 e. The van der Waals surface area contributed by atoms with Gasteiger partial charge in [0.1, 0.15) is 11.5 Å². The number of ketones is 2. The largest absolute Gasteiger partial charge is 0.508 e. The number of carbonyl (C=O) groups excluding carboxylic acids is 2. The van der Waals surface area contributed by atoms with E-state index in [9.17, 15) is 19.8 Å². The summed E-state index contributed by atoms with van der Waals surface area (Å²) in [5.41, 5.74) is 2.98. The SMILES string of the molecule is O=C1C=C(NCCc2ccc(O)cc2)C(O)=C(CCCCCCCCCCc2ccccc2)C1=O. The van der Waals surface area contributed by atoms with Crippen LogP contribution < -0.4 is 5.32 Å². The van der Waals surface area contributed by atoms with Crippen LogP contribution in [0.5, 0.6) is 5.75 Å². The maximum atomic E-state index is 12.3. The van der Waals surface area contributed by atoms with Crippen molar-refractivity contribution >= 4 is 11.6 Å². The first-order chi connectivity index (χ1) is 17.0. The van der Waals surface area contributed by atoms with Gasteiger partial charge >= 0.3 is 0 Å². The number of unbranched alkanes of at least 4 members (excludes halogenated alkanes) is 7. The number of Topliss-reactive ketones (excluding diaryl/α,β-unsaturated/α-hetero) is 1. The fraction of sp³-hybridized carbons (Fsp3) is 0.400. The molecule has 0 amide bonds. The van der Waals surface area contributed by atoms with E-state index in [0.29, 0.717) is 25.1 Å². The number of aliphatic hydroxyl groups excluding tert-OH is 1. The zero-order chi connectivity index (χ0) is 24.9. The molecule has 186 valence electrons. The summed E-state index contributed by atoms with van der Waals surface area (Å²) >= 11 is 0. The Bertz CT molecular complexity index is 1020. The lowest BCUT2D eigenvalue weighted by Crippen LogP contribution is -2.28. The molecule has 2 aromatic carbocycles. The van der Waals surface area contributed by atoms with Crippen LogP contribution >= 0.6 is 0 Å². The number of hydrogen-bond acceptors (Lipinski definition) is 5. The summed E-state index contributed by atoms with van der Waals surface area (Å²) in [6, 6.07) is 17.5. The third kappa shape index (κ3) is 8.75. The molecule has 3 N–H and O–H groups in total. The molecule has 5 heteroatoms. The average Bonchev–Trinajstić information content (AvgIpc) is 2.87. The first-order valence-corrected chi connectivity index (χ1v) is 12.8. The van der Waals surface area contributed by atoms with Crippen LogP contribution in [0.3, 0.4) is 0 Å². The zero-order valence-electron chi connectivity index (χ0n) is 20.5. The molecule has 0 aliphatic heterocycles. The van der Waals surface area contributed by atoms with Gasteiger partial charge in [-0.3, -0.25) is 9.59 Å². The molecule has 0 aromatic heterocycles. The third-order valence-corrected chi connectivity index (χ3v) is 6.46. The van der Waals surface area contributed by atoms with Crippen LogP contribution in [0.1, 0.15) is 68.9 Å². The van der Waals surface area contributed by atoms with Gasteiger partial charge in [0, 0.05) is 18.2 Å². The number of aryl methyl sites for hydroxylation is 1. The van der Waals surface area contributed by atoms with Crippen LogP contribution in [-0.2, 0) is 22.4 Å². The molecule has 2 aromatic rings. The Labute approximate surface area is 208 Å². The van der Waals surface area contributed by atoms with E-state index in [4.69, 9.17) is 0 Å². The first-order valence-electron chi connectivity index (χ1n) is 12.8. The second kappa shape index (κ2) is 14.1. The van der Waals surface area contributed by atoms with Gasteiger partial charge in [0.25, 0.3) is 0 Å². The Kier molecular flexibility index (Phi) is 10.6. The van der Waals surface area contributed by atoms with Crippen molar-refractivity contribution in [1.82, 2.24) is 5.32 Å². The summed E-state index contributed by atoms with van der Waals surface area (Å²) in [5, 5.41) is 23.0. The summed E-state index contributed by atoms with van der Waals surface area (Å²) in [5.74, 6) is -1.06. The van der Waals surface area contributed by atoms with Crippen LogP contribution in [0, 0.1) is 0 Å². The van der Waals surface area contributed by atoms with E-state index in [-0.39, 0.29) is 17.1 Å². The summed E-state index contributed by atoms with van der Waals surface area (Å²) in [7, 11) is 0. The quantitative estimate of drug-likeness (QED) is 0.164. The minimum absolute atomic E-state index is 0.0984. The monoisotopic (exact) mass is 475 g/mol. The van der Waals surface area contributed by atoms with E-state index in [2.05, 4.69) is 35.6 Å². The smallest absolute Gasteiger partial charge is 0.232 e. The van der Waals surface area contributed by atoms with Crippen molar-refractivity contribution in [3.05, 3.63) is 88.8 Å². The Morgan fingerprint density at radius 3 is 1.86 bits per heavy atom. The molecule has 0 heterocycles. The normalized spacial score (nSPS) is 13.8. The molecule has 1 aliphatic rings. The number of nitrogens with one attached hydrogen (secondary N) is 1. The van der Waals surface area contributed by atoms with Crippen molar-refractivity contribution in [2.24, 2.45) is 0 Å². The van der Waals surface area contributed by atoms with E-state index in [0.717, 1.165) is 31.2 Å². The molecule has 0 radical (unpaired) electrons. The number of rotatable bonds is 15. The van der Waals surface area contributed by atoms with Crippen molar-refractivity contribution in [2.75, 3.05) is 6.54 Å². The maximum Gasteiger partial charge on any atom is 0.232 e. The topological polar surface area (TPSA) is 86.6 Å². The third-order valence-electron chi connectivity index (χ3n) is 6.46. The fourth-order valence-corrected chi connectivity index (χ4v) is 4.39. The standard InChI is InChI=1S/C30H37NO4/c32-25-18-16-24(17-19-25)20-21-31-27-22-28(33)30(35)26(29(27)34)15-11-6-4-2-1-3-5-8-12-23-13-9-7-10-14-23/h7,9-10,13-14,16-19,22,31-32,34H,1-6,8,11-12,15,20-21H2. The van der Waals surface area contributed by atoms with Crippen molar-refractivity contribution < 1.29 is 19.8 Å². The number of hydrogen-bond donors (Lipinski definition) is 3. The van der Waals surface area contributed by atoms with Crippen molar-refractivity contribution in [3.63, 3.8) is 0 Å². The van der Waals surface area contributed by atoms with Crippen molar-refractivity contribution in [2.45, 2.75) is 70.6 Å². The van der Waals surface area contributed by atoms with E-state index in [1.807, 2.05) is 12.1 Å². The van der Waals surface area contributed by atoms with Crippen LogP contribution in [-0.4, -0.2) is 28.3 Å². The van der Waals surface area contributed by atoms with E-state index in [1.165, 1.54) is 43.7 Å². The van der Waals surface area contributed by atoms with Crippen LogP contribution in [0.15, 0.2) is 77.7 Å².